The number of halogens is 1. The molecule has 0 unspecified atom stereocenters. The van der Waals surface area contributed by atoms with Crippen LogP contribution in [0.4, 0.5) is 10.1 Å². The molecule has 0 atom stereocenters. The van der Waals surface area contributed by atoms with Crippen molar-refractivity contribution in [2.24, 2.45) is 0 Å². The Bertz CT molecular complexity index is 469. The minimum atomic E-state index is -0.190. The van der Waals surface area contributed by atoms with E-state index in [4.69, 9.17) is 12.2 Å². The molecule has 1 N–H and O–H groups in total. The summed E-state index contributed by atoms with van der Waals surface area (Å²) in [5.74, 6) is -0.190. The van der Waals surface area contributed by atoms with Crippen LogP contribution in [-0.2, 0) is 6.42 Å². The zero-order valence-electron chi connectivity index (χ0n) is 10.3. The van der Waals surface area contributed by atoms with Crippen molar-refractivity contribution >= 4 is 23.0 Å². The maximum Gasteiger partial charge on any atom is 0.173 e. The van der Waals surface area contributed by atoms with Gasteiger partial charge in [0.1, 0.15) is 5.82 Å². The van der Waals surface area contributed by atoms with E-state index >= 15 is 0 Å². The molecule has 0 amide bonds. The number of anilines is 1. The Kier molecular flexibility index (Phi) is 3.20. The average molecular weight is 264 g/mol. The third-order valence-corrected chi connectivity index (χ3v) is 4.21. The molecule has 0 spiro atoms. The first-order valence-corrected chi connectivity index (χ1v) is 7.01. The van der Waals surface area contributed by atoms with Crippen LogP contribution in [0.25, 0.3) is 0 Å². The lowest BCUT2D eigenvalue weighted by Gasteiger charge is -2.24. The van der Waals surface area contributed by atoms with Gasteiger partial charge >= 0.3 is 0 Å². The number of nitrogens with zero attached hydrogens (tertiary/aromatic N) is 1. The summed E-state index contributed by atoms with van der Waals surface area (Å²) < 4.78 is 13.3. The van der Waals surface area contributed by atoms with Crippen molar-refractivity contribution in [2.75, 3.05) is 11.4 Å². The van der Waals surface area contributed by atoms with E-state index < -0.39 is 0 Å². The number of rotatable bonds is 1. The lowest BCUT2D eigenvalue weighted by Crippen LogP contribution is -2.43. The third kappa shape index (κ3) is 2.21. The Morgan fingerprint density at radius 2 is 2.11 bits per heavy atom. The van der Waals surface area contributed by atoms with Gasteiger partial charge < -0.3 is 10.2 Å². The molecule has 1 aliphatic carbocycles. The van der Waals surface area contributed by atoms with Crippen LogP contribution >= 0.6 is 12.2 Å². The van der Waals surface area contributed by atoms with Crippen molar-refractivity contribution in [1.29, 1.82) is 0 Å². The van der Waals surface area contributed by atoms with E-state index in [2.05, 4.69) is 5.32 Å². The van der Waals surface area contributed by atoms with Crippen LogP contribution in [0.3, 0.4) is 0 Å². The Hall–Kier alpha value is -1.16. The van der Waals surface area contributed by atoms with E-state index in [1.54, 1.807) is 6.07 Å². The topological polar surface area (TPSA) is 15.3 Å². The molecule has 0 radical (unpaired) electrons. The second-order valence-corrected chi connectivity index (χ2v) is 5.49. The van der Waals surface area contributed by atoms with Crippen LogP contribution in [0.5, 0.6) is 0 Å². The van der Waals surface area contributed by atoms with Gasteiger partial charge in [0.25, 0.3) is 0 Å². The third-order valence-electron chi connectivity index (χ3n) is 3.87. The van der Waals surface area contributed by atoms with Gasteiger partial charge in [-0.15, -0.1) is 0 Å². The van der Waals surface area contributed by atoms with Crippen LogP contribution in [0, 0.1) is 5.82 Å². The Labute approximate surface area is 112 Å². The summed E-state index contributed by atoms with van der Waals surface area (Å²) in [4.78, 5) is 2.03. The van der Waals surface area contributed by atoms with Gasteiger partial charge in [-0.05, 0) is 49.2 Å². The van der Waals surface area contributed by atoms with Gasteiger partial charge in [-0.25, -0.2) is 4.39 Å². The van der Waals surface area contributed by atoms with Crippen molar-refractivity contribution < 1.29 is 4.39 Å². The molecule has 0 saturated heterocycles. The maximum atomic E-state index is 13.3. The summed E-state index contributed by atoms with van der Waals surface area (Å²) in [6.45, 7) is 0.858. The Balaban J connectivity index is 1.74. The summed E-state index contributed by atoms with van der Waals surface area (Å²) in [5.41, 5.74) is 2.12. The smallest absolute Gasteiger partial charge is 0.173 e. The van der Waals surface area contributed by atoms with Crippen LogP contribution in [-0.4, -0.2) is 17.7 Å². The summed E-state index contributed by atoms with van der Waals surface area (Å²) in [5, 5.41) is 4.17. The molecule has 1 aliphatic heterocycles. The molecule has 1 aromatic rings. The molecule has 4 heteroatoms. The number of fused-ring (bicyclic) bond motifs is 1. The lowest BCUT2D eigenvalue weighted by atomic mass is 10.2. The molecule has 1 heterocycles. The molecular formula is C14H17FN2S. The van der Waals surface area contributed by atoms with E-state index in [-0.39, 0.29) is 5.82 Å². The molecule has 96 valence electrons. The second-order valence-electron chi connectivity index (χ2n) is 5.11. The van der Waals surface area contributed by atoms with Crippen molar-refractivity contribution in [3.8, 4) is 0 Å². The molecule has 0 bridgehead atoms. The molecule has 0 aromatic heterocycles. The van der Waals surface area contributed by atoms with Crippen molar-refractivity contribution in [3.63, 3.8) is 0 Å². The summed E-state index contributed by atoms with van der Waals surface area (Å²) in [6.07, 6.45) is 5.91. The first-order chi connectivity index (χ1) is 8.74. The minimum Gasteiger partial charge on any atom is -0.360 e. The zero-order chi connectivity index (χ0) is 12.5. The van der Waals surface area contributed by atoms with Gasteiger partial charge in [-0.1, -0.05) is 18.9 Å². The lowest BCUT2D eigenvalue weighted by molar-refractivity contribution is 0.625. The molecular weight excluding hydrogens is 247 g/mol. The summed E-state index contributed by atoms with van der Waals surface area (Å²) >= 11 is 5.46. The van der Waals surface area contributed by atoms with E-state index in [0.717, 1.165) is 23.8 Å². The maximum absolute atomic E-state index is 13.3. The minimum absolute atomic E-state index is 0.190. The fourth-order valence-electron chi connectivity index (χ4n) is 2.89. The molecule has 1 fully saturated rings. The average Bonchev–Trinajstić information content (AvgIpc) is 2.97. The normalized spacial score (nSPS) is 19.1. The Morgan fingerprint density at radius 3 is 2.89 bits per heavy atom. The van der Waals surface area contributed by atoms with Crippen molar-refractivity contribution in [3.05, 3.63) is 29.6 Å². The van der Waals surface area contributed by atoms with Gasteiger partial charge in [-0.2, -0.15) is 0 Å². The molecule has 2 nitrogen and oxygen atoms in total. The fraction of sp³-hybridized carbons (Fsp3) is 0.500. The van der Waals surface area contributed by atoms with Crippen LogP contribution in [0.2, 0.25) is 0 Å². The quantitative estimate of drug-likeness (QED) is 0.785. The molecule has 1 aromatic carbocycles. The number of hydrogen-bond donors (Lipinski definition) is 1. The highest BCUT2D eigenvalue weighted by Gasteiger charge is 2.25. The van der Waals surface area contributed by atoms with Crippen LogP contribution in [0.15, 0.2) is 18.2 Å². The fourth-order valence-corrected chi connectivity index (χ4v) is 3.24. The summed E-state index contributed by atoms with van der Waals surface area (Å²) in [7, 11) is 0. The number of hydrogen-bond acceptors (Lipinski definition) is 1. The standard InChI is InChI=1S/C14H17FN2S/c15-11-6-5-10-7-8-17(13(10)9-11)14(18)16-12-3-1-2-4-12/h5-6,9,12H,1-4,7-8H2,(H,16,18). The van der Waals surface area contributed by atoms with Gasteiger partial charge in [0.2, 0.25) is 0 Å². The Morgan fingerprint density at radius 1 is 1.33 bits per heavy atom. The first kappa shape index (κ1) is 11.9. The van der Waals surface area contributed by atoms with E-state index in [1.165, 1.54) is 37.3 Å². The molecule has 18 heavy (non-hydrogen) atoms. The first-order valence-electron chi connectivity index (χ1n) is 6.60. The number of benzene rings is 1. The molecule has 2 aliphatic rings. The van der Waals surface area contributed by atoms with Crippen molar-refractivity contribution in [2.45, 2.75) is 38.1 Å². The van der Waals surface area contributed by atoms with Crippen LogP contribution in [0.1, 0.15) is 31.2 Å². The predicted molar refractivity (Wildman–Crippen MR) is 75.4 cm³/mol. The number of thiocarbonyl (C=S) groups is 1. The van der Waals surface area contributed by atoms with E-state index in [9.17, 15) is 4.39 Å². The predicted octanol–water partition coefficient (Wildman–Crippen LogP) is 3.01. The largest absolute Gasteiger partial charge is 0.360 e. The zero-order valence-corrected chi connectivity index (χ0v) is 11.1. The number of nitrogens with one attached hydrogen (secondary N) is 1. The highest BCUT2D eigenvalue weighted by Crippen LogP contribution is 2.29. The van der Waals surface area contributed by atoms with E-state index in [1.807, 2.05) is 11.0 Å². The van der Waals surface area contributed by atoms with E-state index in [0.29, 0.717) is 6.04 Å². The monoisotopic (exact) mass is 264 g/mol. The molecule has 3 rings (SSSR count). The highest BCUT2D eigenvalue weighted by atomic mass is 32.1. The van der Waals surface area contributed by atoms with Gasteiger partial charge in [0, 0.05) is 18.3 Å². The SMILES string of the molecule is Fc1ccc2c(c1)N(C(=S)NC1CCCC1)CC2. The summed E-state index contributed by atoms with van der Waals surface area (Å²) in [6, 6.07) is 5.49. The van der Waals surface area contributed by atoms with Gasteiger partial charge in [0.15, 0.2) is 5.11 Å². The van der Waals surface area contributed by atoms with Gasteiger partial charge in [0.05, 0.1) is 0 Å². The highest BCUT2D eigenvalue weighted by molar-refractivity contribution is 7.80. The van der Waals surface area contributed by atoms with Crippen molar-refractivity contribution in [1.82, 2.24) is 5.32 Å². The molecule has 1 saturated carbocycles. The second kappa shape index (κ2) is 4.84. The van der Waals surface area contributed by atoms with Crippen LogP contribution < -0.4 is 10.2 Å². The van der Waals surface area contributed by atoms with Gasteiger partial charge in [-0.3, -0.25) is 0 Å².